The summed E-state index contributed by atoms with van der Waals surface area (Å²) in [5.74, 6) is 0. The first kappa shape index (κ1) is 12.1. The zero-order valence-electron chi connectivity index (χ0n) is 6.91. The smallest absolute Gasteiger partial charge is 0.0797 e. The van der Waals surface area contributed by atoms with Crippen molar-refractivity contribution in [2.45, 2.75) is 5.38 Å². The Labute approximate surface area is 77.0 Å². The van der Waals surface area contributed by atoms with Gasteiger partial charge in [-0.3, -0.25) is 0 Å². The standard InChI is InChI=1S/C4H8O2.C3H7ClO2/c1-2-6-4-3-5-1;4-3(1-5)2-6/h1-4H2;3,5-6H,1-2H2. The summed E-state index contributed by atoms with van der Waals surface area (Å²) in [5, 5.41) is 15.6. The van der Waals surface area contributed by atoms with Gasteiger partial charge in [-0.25, -0.2) is 0 Å². The normalized spacial score (nSPS) is 17.0. The monoisotopic (exact) mass is 198 g/mol. The summed E-state index contributed by atoms with van der Waals surface area (Å²) in [6.45, 7) is 2.80. The van der Waals surface area contributed by atoms with Gasteiger partial charge in [-0.2, -0.15) is 0 Å². The van der Waals surface area contributed by atoms with E-state index in [1.54, 1.807) is 0 Å². The fraction of sp³-hybridized carbons (Fsp3) is 1.00. The van der Waals surface area contributed by atoms with Crippen LogP contribution in [0.5, 0.6) is 0 Å². The third kappa shape index (κ3) is 8.23. The molecule has 0 bridgehead atoms. The lowest BCUT2D eigenvalue weighted by atomic mass is 10.5. The van der Waals surface area contributed by atoms with Gasteiger partial charge in [0.2, 0.25) is 0 Å². The second-order valence-corrected chi connectivity index (χ2v) is 2.80. The minimum absolute atomic E-state index is 0.155. The predicted molar refractivity (Wildman–Crippen MR) is 45.5 cm³/mol. The Morgan fingerprint density at radius 2 is 1.33 bits per heavy atom. The number of hydrogen-bond donors (Lipinski definition) is 2. The average molecular weight is 199 g/mol. The van der Waals surface area contributed by atoms with Crippen molar-refractivity contribution < 1.29 is 19.7 Å². The van der Waals surface area contributed by atoms with E-state index in [0.717, 1.165) is 26.4 Å². The topological polar surface area (TPSA) is 58.9 Å². The number of alkyl halides is 1. The highest BCUT2D eigenvalue weighted by Crippen LogP contribution is 1.88. The summed E-state index contributed by atoms with van der Waals surface area (Å²) in [4.78, 5) is 0. The van der Waals surface area contributed by atoms with E-state index in [1.165, 1.54) is 0 Å². The van der Waals surface area contributed by atoms with Crippen LogP contribution in [-0.2, 0) is 9.47 Å². The van der Waals surface area contributed by atoms with Crippen molar-refractivity contribution >= 4 is 11.6 Å². The molecule has 1 aliphatic heterocycles. The molecule has 0 saturated carbocycles. The highest BCUT2D eigenvalue weighted by molar-refractivity contribution is 6.20. The molecule has 1 fully saturated rings. The Hall–Kier alpha value is 0.130. The molecule has 0 aromatic rings. The highest BCUT2D eigenvalue weighted by atomic mass is 35.5. The Balaban J connectivity index is 0.000000202. The lowest BCUT2D eigenvalue weighted by Gasteiger charge is -2.09. The van der Waals surface area contributed by atoms with Crippen LogP contribution in [0.25, 0.3) is 0 Å². The number of halogens is 1. The van der Waals surface area contributed by atoms with E-state index in [1.807, 2.05) is 0 Å². The maximum absolute atomic E-state index is 8.04. The van der Waals surface area contributed by atoms with Gasteiger partial charge in [0.05, 0.1) is 45.0 Å². The van der Waals surface area contributed by atoms with Gasteiger partial charge in [0.1, 0.15) is 0 Å². The molecule has 2 N–H and O–H groups in total. The van der Waals surface area contributed by atoms with E-state index in [0.29, 0.717) is 0 Å². The van der Waals surface area contributed by atoms with Gasteiger partial charge in [-0.1, -0.05) is 0 Å². The molecule has 1 rings (SSSR count). The molecule has 1 aliphatic rings. The average Bonchev–Trinajstić information content (AvgIpc) is 2.20. The first-order valence-electron chi connectivity index (χ1n) is 3.82. The molecule has 1 saturated heterocycles. The molecule has 0 unspecified atom stereocenters. The number of rotatable bonds is 2. The molecule has 12 heavy (non-hydrogen) atoms. The summed E-state index contributed by atoms with van der Waals surface area (Å²) in [6, 6.07) is 0. The lowest BCUT2D eigenvalue weighted by molar-refractivity contribution is -0.0334. The van der Waals surface area contributed by atoms with Crippen LogP contribution in [0.15, 0.2) is 0 Å². The quantitative estimate of drug-likeness (QED) is 0.594. The molecule has 0 atom stereocenters. The maximum atomic E-state index is 8.04. The fourth-order valence-electron chi connectivity index (χ4n) is 0.498. The van der Waals surface area contributed by atoms with Crippen LogP contribution in [0.3, 0.4) is 0 Å². The summed E-state index contributed by atoms with van der Waals surface area (Å²) in [6.07, 6.45) is 0. The van der Waals surface area contributed by atoms with Crippen molar-refractivity contribution in [3.8, 4) is 0 Å². The van der Waals surface area contributed by atoms with Crippen molar-refractivity contribution in [2.75, 3.05) is 39.6 Å². The van der Waals surface area contributed by atoms with E-state index in [9.17, 15) is 0 Å². The highest BCUT2D eigenvalue weighted by Gasteiger charge is 1.95. The second-order valence-electron chi connectivity index (χ2n) is 2.19. The van der Waals surface area contributed by atoms with E-state index >= 15 is 0 Å². The van der Waals surface area contributed by atoms with Crippen molar-refractivity contribution in [1.82, 2.24) is 0 Å². The van der Waals surface area contributed by atoms with Crippen LogP contribution in [0.1, 0.15) is 0 Å². The summed E-state index contributed by atoms with van der Waals surface area (Å²) in [7, 11) is 0. The van der Waals surface area contributed by atoms with Gasteiger partial charge < -0.3 is 19.7 Å². The van der Waals surface area contributed by atoms with Crippen LogP contribution in [0.4, 0.5) is 0 Å². The SMILES string of the molecule is C1COCCO1.OCC(Cl)CO. The molecular formula is C7H15ClO4. The third-order valence-electron chi connectivity index (χ3n) is 1.14. The first-order valence-corrected chi connectivity index (χ1v) is 4.26. The van der Waals surface area contributed by atoms with Crippen LogP contribution in [-0.4, -0.2) is 55.2 Å². The van der Waals surface area contributed by atoms with Crippen LogP contribution < -0.4 is 0 Å². The van der Waals surface area contributed by atoms with Gasteiger partial charge in [0.15, 0.2) is 0 Å². The summed E-state index contributed by atoms with van der Waals surface area (Å²) >= 11 is 5.15. The number of ether oxygens (including phenoxy) is 2. The maximum Gasteiger partial charge on any atom is 0.0797 e. The predicted octanol–water partition coefficient (Wildman–Crippen LogP) is -0.388. The number of hydrogen-bond acceptors (Lipinski definition) is 4. The van der Waals surface area contributed by atoms with Gasteiger partial charge >= 0.3 is 0 Å². The fourth-order valence-corrected chi connectivity index (χ4v) is 0.498. The van der Waals surface area contributed by atoms with Crippen LogP contribution in [0.2, 0.25) is 0 Å². The van der Waals surface area contributed by atoms with Gasteiger partial charge in [-0.05, 0) is 0 Å². The molecule has 0 spiro atoms. The Morgan fingerprint density at radius 1 is 1.00 bits per heavy atom. The minimum atomic E-state index is -0.481. The molecule has 0 aromatic heterocycles. The third-order valence-corrected chi connectivity index (χ3v) is 1.42. The molecule has 0 radical (unpaired) electrons. The van der Waals surface area contributed by atoms with E-state index in [4.69, 9.17) is 31.3 Å². The molecule has 0 aliphatic carbocycles. The first-order chi connectivity index (χ1) is 5.81. The van der Waals surface area contributed by atoms with E-state index < -0.39 is 5.38 Å². The Bertz CT molecular complexity index is 72.0. The number of aliphatic hydroxyl groups excluding tert-OH is 2. The van der Waals surface area contributed by atoms with Gasteiger partial charge in [0.25, 0.3) is 0 Å². The van der Waals surface area contributed by atoms with Crippen molar-refractivity contribution in [3.05, 3.63) is 0 Å². The lowest BCUT2D eigenvalue weighted by Crippen LogP contribution is -2.16. The van der Waals surface area contributed by atoms with Crippen LogP contribution >= 0.6 is 11.6 Å². The Morgan fingerprint density at radius 3 is 1.42 bits per heavy atom. The molecule has 5 heteroatoms. The number of aliphatic hydroxyl groups is 2. The van der Waals surface area contributed by atoms with Gasteiger partial charge in [-0.15, -0.1) is 11.6 Å². The van der Waals surface area contributed by atoms with Crippen molar-refractivity contribution in [3.63, 3.8) is 0 Å². The van der Waals surface area contributed by atoms with E-state index in [-0.39, 0.29) is 13.2 Å². The zero-order valence-corrected chi connectivity index (χ0v) is 7.66. The minimum Gasteiger partial charge on any atom is -0.395 e. The molecule has 0 aromatic carbocycles. The summed E-state index contributed by atoms with van der Waals surface area (Å²) < 4.78 is 9.89. The molecular weight excluding hydrogens is 184 g/mol. The molecule has 0 amide bonds. The molecule has 4 nitrogen and oxygen atoms in total. The van der Waals surface area contributed by atoms with Crippen LogP contribution in [0, 0.1) is 0 Å². The zero-order chi connectivity index (χ0) is 9.23. The molecule has 74 valence electrons. The Kier molecular flexibility index (Phi) is 9.32. The van der Waals surface area contributed by atoms with Crippen molar-refractivity contribution in [2.24, 2.45) is 0 Å². The van der Waals surface area contributed by atoms with E-state index in [2.05, 4.69) is 0 Å². The second kappa shape index (κ2) is 9.22. The largest absolute Gasteiger partial charge is 0.395 e. The van der Waals surface area contributed by atoms with Gasteiger partial charge in [0, 0.05) is 0 Å². The molecule has 1 heterocycles. The summed E-state index contributed by atoms with van der Waals surface area (Å²) in [5.41, 5.74) is 0. The van der Waals surface area contributed by atoms with Crippen molar-refractivity contribution in [1.29, 1.82) is 0 Å².